The number of rotatable bonds is 7. The summed E-state index contributed by atoms with van der Waals surface area (Å²) >= 11 is 3.55. The van der Waals surface area contributed by atoms with E-state index in [4.69, 9.17) is 19.9 Å². The minimum absolute atomic E-state index is 0.704. The Morgan fingerprint density at radius 1 is 0.247 bits per heavy atom. The second kappa shape index (κ2) is 20.8. The third-order valence-electron chi connectivity index (χ3n) is 16.4. The second-order valence-corrected chi connectivity index (χ2v) is 22.4. The first-order valence-corrected chi connectivity index (χ1v) is 29.3. The lowest BCUT2D eigenvalue weighted by molar-refractivity contribution is 1.17. The molecule has 0 amide bonds. The van der Waals surface area contributed by atoms with E-state index >= 15 is 0 Å². The Labute approximate surface area is 498 Å². The summed E-state index contributed by atoms with van der Waals surface area (Å²) in [4.78, 5) is 20.4. The van der Waals surface area contributed by atoms with Gasteiger partial charge in [0.15, 0.2) is 11.6 Å². The number of hydrogen-bond donors (Lipinski definition) is 0. The van der Waals surface area contributed by atoms with Crippen LogP contribution >= 0.6 is 15.9 Å². The molecule has 17 rings (SSSR count). The number of para-hydroxylation sites is 3. The largest absolute Gasteiger partial charge is 0.309 e. The van der Waals surface area contributed by atoms with E-state index in [9.17, 15) is 0 Å². The number of benzene rings is 13. The summed E-state index contributed by atoms with van der Waals surface area (Å²) in [7, 11) is 0. The van der Waals surface area contributed by atoms with Crippen LogP contribution in [0, 0.1) is 0 Å². The van der Waals surface area contributed by atoms with Gasteiger partial charge < -0.3 is 9.13 Å². The summed E-state index contributed by atoms with van der Waals surface area (Å²) in [5.74, 6) is 1.44. The van der Waals surface area contributed by atoms with Crippen molar-refractivity contribution in [2.24, 2.45) is 0 Å². The van der Waals surface area contributed by atoms with Crippen molar-refractivity contribution in [3.63, 3.8) is 0 Å². The first-order valence-electron chi connectivity index (χ1n) is 28.6. The molecule has 0 N–H and O–H groups in total. The second-order valence-electron chi connectivity index (χ2n) is 21.5. The Morgan fingerprint density at radius 2 is 0.647 bits per heavy atom. The first-order chi connectivity index (χ1) is 42.1. The van der Waals surface area contributed by atoms with Crippen LogP contribution in [0.25, 0.3) is 155 Å². The van der Waals surface area contributed by atoms with E-state index in [2.05, 4.69) is 286 Å². The fraction of sp³-hybridized carbons (Fsp3) is 0. The van der Waals surface area contributed by atoms with Crippen LogP contribution in [0.2, 0.25) is 0 Å². The van der Waals surface area contributed by atoms with Gasteiger partial charge in [-0.3, -0.25) is 0 Å². The molecule has 85 heavy (non-hydrogen) atoms. The Balaban J connectivity index is 0.000000182. The van der Waals surface area contributed by atoms with Crippen LogP contribution < -0.4 is 0 Å². The third kappa shape index (κ3) is 8.80. The van der Waals surface area contributed by atoms with E-state index in [1.54, 1.807) is 0 Å². The number of fused-ring (bicyclic) bond motifs is 12. The monoisotopic (exact) mass is 1150 g/mol. The molecule has 0 fully saturated rings. The molecule has 0 aliphatic heterocycles. The van der Waals surface area contributed by atoms with Crippen LogP contribution in [0.3, 0.4) is 0 Å². The summed E-state index contributed by atoms with van der Waals surface area (Å²) in [6.45, 7) is 0. The standard InChI is InChI=1S/C54H34N4.C24H15BrN2/c1-3-15-36(16-4-1)53-52-42-21-8-7-14-35(42)26-29-47(52)55-54(56-53)39-17-13-20-41(32-39)58-49-25-12-10-23-44(49)46-34-38(28-31-51(46)58)37-27-30-50-45(33-37)43-22-9-11-24-48(43)57(50)40-18-5-2-6-19-40;25-19-11-6-10-18(15-19)24-26-21-14-13-16-7-4-5-12-20(16)22(21)23(27-24)17-8-2-1-3-9-17/h1-34H;1-15H. The summed E-state index contributed by atoms with van der Waals surface area (Å²) in [6, 6.07) is 105. The fourth-order valence-corrected chi connectivity index (χ4v) is 12.9. The van der Waals surface area contributed by atoms with Crippen molar-refractivity contribution in [2.45, 2.75) is 0 Å². The summed E-state index contributed by atoms with van der Waals surface area (Å²) in [5.41, 5.74) is 17.3. The van der Waals surface area contributed by atoms with E-state index < -0.39 is 0 Å². The smallest absolute Gasteiger partial charge is 0.160 e. The van der Waals surface area contributed by atoms with Gasteiger partial charge in [0.05, 0.1) is 44.5 Å². The van der Waals surface area contributed by atoms with Gasteiger partial charge in [-0.1, -0.05) is 228 Å². The molecular formula is C78H49BrN6. The van der Waals surface area contributed by atoms with Gasteiger partial charge >= 0.3 is 0 Å². The molecule has 0 saturated heterocycles. The highest BCUT2D eigenvalue weighted by molar-refractivity contribution is 9.10. The van der Waals surface area contributed by atoms with Gasteiger partial charge in [-0.05, 0) is 118 Å². The van der Waals surface area contributed by atoms with E-state index in [0.29, 0.717) is 5.82 Å². The van der Waals surface area contributed by atoms with Gasteiger partial charge in [0.1, 0.15) is 0 Å². The lowest BCUT2D eigenvalue weighted by Crippen LogP contribution is -1.98. The van der Waals surface area contributed by atoms with E-state index in [0.717, 1.165) is 93.5 Å². The highest BCUT2D eigenvalue weighted by atomic mass is 79.9. The van der Waals surface area contributed by atoms with Crippen LogP contribution in [-0.2, 0) is 0 Å². The van der Waals surface area contributed by atoms with Crippen LogP contribution in [0.1, 0.15) is 0 Å². The molecule has 0 unspecified atom stereocenters. The lowest BCUT2D eigenvalue weighted by Gasteiger charge is -2.13. The van der Waals surface area contributed by atoms with Crippen LogP contribution in [0.15, 0.2) is 302 Å². The van der Waals surface area contributed by atoms with Crippen LogP contribution in [-0.4, -0.2) is 29.1 Å². The molecule has 0 aliphatic rings. The molecule has 0 saturated carbocycles. The van der Waals surface area contributed by atoms with Gasteiger partial charge in [0, 0.05) is 70.4 Å². The van der Waals surface area contributed by atoms with Crippen LogP contribution in [0.5, 0.6) is 0 Å². The number of nitrogens with zero attached hydrogens (tertiary/aromatic N) is 6. The highest BCUT2D eigenvalue weighted by Crippen LogP contribution is 2.41. The zero-order valence-corrected chi connectivity index (χ0v) is 47.4. The summed E-state index contributed by atoms with van der Waals surface area (Å²) < 4.78 is 5.76. The average molecular weight is 1150 g/mol. The van der Waals surface area contributed by atoms with Crippen molar-refractivity contribution in [1.82, 2.24) is 29.1 Å². The number of hydrogen-bond acceptors (Lipinski definition) is 4. The molecule has 4 heterocycles. The van der Waals surface area contributed by atoms with Crippen molar-refractivity contribution in [3.05, 3.63) is 302 Å². The zero-order valence-electron chi connectivity index (χ0n) is 45.9. The summed E-state index contributed by atoms with van der Waals surface area (Å²) in [6.07, 6.45) is 0. The quantitative estimate of drug-likeness (QED) is 0.149. The van der Waals surface area contributed by atoms with E-state index in [1.807, 2.05) is 36.4 Å². The topological polar surface area (TPSA) is 61.4 Å². The molecule has 0 atom stereocenters. The first kappa shape index (κ1) is 49.9. The van der Waals surface area contributed by atoms with Gasteiger partial charge in [0.2, 0.25) is 0 Å². The Bertz CT molecular complexity index is 5440. The van der Waals surface area contributed by atoms with E-state index in [-0.39, 0.29) is 0 Å². The van der Waals surface area contributed by atoms with Gasteiger partial charge in [0.25, 0.3) is 0 Å². The number of aromatic nitrogens is 6. The molecule has 0 bridgehead atoms. The van der Waals surface area contributed by atoms with Crippen LogP contribution in [0.4, 0.5) is 0 Å². The molecule has 398 valence electrons. The molecule has 4 aromatic heterocycles. The maximum Gasteiger partial charge on any atom is 0.160 e. The van der Waals surface area contributed by atoms with Gasteiger partial charge in [-0.15, -0.1) is 0 Å². The zero-order chi connectivity index (χ0) is 56.4. The Hall–Kier alpha value is -10.9. The van der Waals surface area contributed by atoms with Gasteiger partial charge in [-0.25, -0.2) is 19.9 Å². The molecule has 7 heteroatoms. The van der Waals surface area contributed by atoms with Crippen molar-refractivity contribution in [2.75, 3.05) is 0 Å². The summed E-state index contributed by atoms with van der Waals surface area (Å²) in [5, 5.41) is 11.8. The van der Waals surface area contributed by atoms with Crippen molar-refractivity contribution < 1.29 is 0 Å². The number of halogens is 1. The lowest BCUT2D eigenvalue weighted by atomic mass is 9.99. The molecule has 0 spiro atoms. The Kier molecular flexibility index (Phi) is 12.2. The van der Waals surface area contributed by atoms with Gasteiger partial charge in [-0.2, -0.15) is 0 Å². The third-order valence-corrected chi connectivity index (χ3v) is 16.9. The molecular weight excluding hydrogens is 1100 g/mol. The normalized spacial score (nSPS) is 11.6. The fourth-order valence-electron chi connectivity index (χ4n) is 12.5. The minimum atomic E-state index is 0.704. The predicted molar refractivity (Wildman–Crippen MR) is 358 cm³/mol. The molecule has 17 aromatic rings. The maximum atomic E-state index is 5.32. The maximum absolute atomic E-state index is 5.32. The molecule has 0 radical (unpaired) electrons. The molecule has 6 nitrogen and oxygen atoms in total. The minimum Gasteiger partial charge on any atom is -0.309 e. The van der Waals surface area contributed by atoms with Crippen molar-refractivity contribution in [1.29, 1.82) is 0 Å². The molecule has 13 aromatic carbocycles. The predicted octanol–water partition coefficient (Wildman–Crippen LogP) is 20.9. The highest BCUT2D eigenvalue weighted by Gasteiger charge is 2.20. The SMILES string of the molecule is Brc1cccc(-c2nc(-c3ccccc3)c3c(ccc4ccccc43)n2)c1.c1ccc(-c2nc(-c3cccc(-n4c5ccccc5c5cc(-c6ccc7c(c6)c6ccccc6n7-c6ccccc6)ccc54)c3)nc3ccc4ccccc4c23)cc1. The average Bonchev–Trinajstić information content (AvgIpc) is 2.58. The van der Waals surface area contributed by atoms with Crippen molar-refractivity contribution >= 4 is 103 Å². The van der Waals surface area contributed by atoms with E-state index in [1.165, 1.54) is 59.9 Å². The Morgan fingerprint density at radius 3 is 1.16 bits per heavy atom. The molecule has 0 aliphatic carbocycles. The van der Waals surface area contributed by atoms with Crippen molar-refractivity contribution in [3.8, 4) is 67.8 Å².